The minimum Gasteiger partial charge on any atom is -0.398 e. The molecule has 0 saturated carbocycles. The molecule has 0 fully saturated rings. The van der Waals surface area contributed by atoms with Crippen LogP contribution in [-0.2, 0) is 0 Å². The summed E-state index contributed by atoms with van der Waals surface area (Å²) >= 11 is 0. The first-order chi connectivity index (χ1) is 6.38. The number of para-hydroxylation sites is 1. The number of rotatable bonds is 1. The van der Waals surface area contributed by atoms with Crippen LogP contribution in [-0.4, -0.2) is 20.4 Å². The summed E-state index contributed by atoms with van der Waals surface area (Å²) in [5, 5.41) is 14.9. The standard InChI is InChI=1S/C8H7N5/c9-7-4-2-1-3-6(7)8-12-10-5-11-13-8/h1-5H,9H2. The van der Waals surface area contributed by atoms with Gasteiger partial charge in [0.25, 0.3) is 0 Å². The van der Waals surface area contributed by atoms with Gasteiger partial charge in [0.1, 0.15) is 0 Å². The Morgan fingerprint density at radius 1 is 1.00 bits per heavy atom. The van der Waals surface area contributed by atoms with Crippen molar-refractivity contribution in [2.75, 3.05) is 5.73 Å². The summed E-state index contributed by atoms with van der Waals surface area (Å²) in [6.45, 7) is 0. The van der Waals surface area contributed by atoms with Gasteiger partial charge in [0.05, 0.1) is 0 Å². The Morgan fingerprint density at radius 3 is 2.38 bits per heavy atom. The molecule has 0 bridgehead atoms. The zero-order valence-electron chi connectivity index (χ0n) is 6.75. The zero-order valence-corrected chi connectivity index (χ0v) is 6.75. The van der Waals surface area contributed by atoms with Gasteiger partial charge >= 0.3 is 0 Å². The molecule has 1 aromatic carbocycles. The number of benzene rings is 1. The number of aromatic nitrogens is 4. The van der Waals surface area contributed by atoms with Crippen molar-refractivity contribution in [2.24, 2.45) is 0 Å². The van der Waals surface area contributed by atoms with Gasteiger partial charge in [-0.2, -0.15) is 0 Å². The molecule has 5 heteroatoms. The van der Waals surface area contributed by atoms with Crippen LogP contribution in [0.15, 0.2) is 30.6 Å². The Labute approximate surface area is 74.6 Å². The Morgan fingerprint density at radius 2 is 1.69 bits per heavy atom. The van der Waals surface area contributed by atoms with Crippen LogP contribution < -0.4 is 5.73 Å². The van der Waals surface area contributed by atoms with Crippen LogP contribution in [0.5, 0.6) is 0 Å². The quantitative estimate of drug-likeness (QED) is 0.636. The monoisotopic (exact) mass is 173 g/mol. The highest BCUT2D eigenvalue weighted by Crippen LogP contribution is 2.19. The maximum atomic E-state index is 5.72. The number of anilines is 1. The van der Waals surface area contributed by atoms with Crippen molar-refractivity contribution in [3.05, 3.63) is 30.6 Å². The first kappa shape index (κ1) is 7.60. The molecule has 13 heavy (non-hydrogen) atoms. The van der Waals surface area contributed by atoms with Crippen LogP contribution in [0.2, 0.25) is 0 Å². The van der Waals surface area contributed by atoms with E-state index in [1.165, 1.54) is 6.33 Å². The van der Waals surface area contributed by atoms with Crippen LogP contribution in [0.4, 0.5) is 5.69 Å². The molecule has 0 spiro atoms. The lowest BCUT2D eigenvalue weighted by molar-refractivity contribution is 0.865. The highest BCUT2D eigenvalue weighted by Gasteiger charge is 2.03. The molecule has 5 nitrogen and oxygen atoms in total. The average molecular weight is 173 g/mol. The van der Waals surface area contributed by atoms with Gasteiger partial charge in [-0.3, -0.25) is 0 Å². The van der Waals surface area contributed by atoms with E-state index in [4.69, 9.17) is 5.73 Å². The number of nitrogens with two attached hydrogens (primary N) is 1. The third-order valence-electron chi connectivity index (χ3n) is 1.61. The SMILES string of the molecule is Nc1ccccc1-c1nncnn1. The van der Waals surface area contributed by atoms with Gasteiger partial charge in [-0.15, -0.1) is 20.4 Å². The van der Waals surface area contributed by atoms with Crippen molar-refractivity contribution in [1.29, 1.82) is 0 Å². The molecule has 0 aliphatic carbocycles. The molecule has 0 unspecified atom stereocenters. The Balaban J connectivity index is 2.54. The molecule has 1 aromatic heterocycles. The van der Waals surface area contributed by atoms with Crippen molar-refractivity contribution in [3.8, 4) is 11.4 Å². The Kier molecular flexibility index (Phi) is 1.84. The van der Waals surface area contributed by atoms with E-state index in [0.29, 0.717) is 11.5 Å². The molecule has 2 N–H and O–H groups in total. The Hall–Kier alpha value is -2.04. The van der Waals surface area contributed by atoms with E-state index in [-0.39, 0.29) is 0 Å². The van der Waals surface area contributed by atoms with Crippen LogP contribution in [0.1, 0.15) is 0 Å². The van der Waals surface area contributed by atoms with E-state index in [1.54, 1.807) is 6.07 Å². The van der Waals surface area contributed by atoms with E-state index in [9.17, 15) is 0 Å². The van der Waals surface area contributed by atoms with Crippen molar-refractivity contribution in [1.82, 2.24) is 20.4 Å². The van der Waals surface area contributed by atoms with Crippen LogP contribution in [0, 0.1) is 0 Å². The molecule has 2 rings (SSSR count). The van der Waals surface area contributed by atoms with E-state index < -0.39 is 0 Å². The fourth-order valence-electron chi connectivity index (χ4n) is 1.01. The first-order valence-corrected chi connectivity index (χ1v) is 3.73. The number of hydrogen-bond acceptors (Lipinski definition) is 5. The summed E-state index contributed by atoms with van der Waals surface area (Å²) in [5.41, 5.74) is 7.09. The second-order valence-corrected chi connectivity index (χ2v) is 2.46. The van der Waals surface area contributed by atoms with Gasteiger partial charge in [-0.05, 0) is 12.1 Å². The maximum absolute atomic E-state index is 5.72. The summed E-state index contributed by atoms with van der Waals surface area (Å²) < 4.78 is 0. The summed E-state index contributed by atoms with van der Waals surface area (Å²) in [5.74, 6) is 0.445. The lowest BCUT2D eigenvalue weighted by atomic mass is 10.2. The molecular formula is C8H7N5. The second kappa shape index (κ2) is 3.14. The summed E-state index contributed by atoms with van der Waals surface area (Å²) in [7, 11) is 0. The molecule has 1 heterocycles. The third kappa shape index (κ3) is 1.44. The van der Waals surface area contributed by atoms with Gasteiger partial charge < -0.3 is 5.73 Å². The lowest BCUT2D eigenvalue weighted by Gasteiger charge is -2.00. The number of nitrogens with zero attached hydrogens (tertiary/aromatic N) is 4. The predicted molar refractivity (Wildman–Crippen MR) is 47.5 cm³/mol. The van der Waals surface area contributed by atoms with Crippen LogP contribution in [0.25, 0.3) is 11.4 Å². The third-order valence-corrected chi connectivity index (χ3v) is 1.61. The van der Waals surface area contributed by atoms with Gasteiger partial charge in [-0.1, -0.05) is 12.1 Å². The molecule has 0 aliphatic heterocycles. The molecule has 64 valence electrons. The topological polar surface area (TPSA) is 77.6 Å². The minimum absolute atomic E-state index is 0.445. The average Bonchev–Trinajstić information content (AvgIpc) is 2.20. The van der Waals surface area contributed by atoms with E-state index in [0.717, 1.165) is 5.56 Å². The first-order valence-electron chi connectivity index (χ1n) is 3.73. The number of nitrogen functional groups attached to an aromatic ring is 1. The predicted octanol–water partition coefficient (Wildman–Crippen LogP) is 0.516. The maximum Gasteiger partial charge on any atom is 0.205 e. The molecule has 0 atom stereocenters. The highest BCUT2D eigenvalue weighted by atomic mass is 15.3. The second-order valence-electron chi connectivity index (χ2n) is 2.46. The van der Waals surface area contributed by atoms with Crippen LogP contribution in [0.3, 0.4) is 0 Å². The normalized spacial score (nSPS) is 9.85. The molecule has 0 aliphatic rings. The Bertz CT molecular complexity index is 400. The fraction of sp³-hybridized carbons (Fsp3) is 0. The van der Waals surface area contributed by atoms with E-state index >= 15 is 0 Å². The van der Waals surface area contributed by atoms with Gasteiger partial charge in [0, 0.05) is 11.3 Å². The molecule has 0 amide bonds. The summed E-state index contributed by atoms with van der Waals surface area (Å²) in [6.07, 6.45) is 1.28. The van der Waals surface area contributed by atoms with Crippen LogP contribution >= 0.6 is 0 Å². The molecule has 0 radical (unpaired) electrons. The van der Waals surface area contributed by atoms with Crippen molar-refractivity contribution < 1.29 is 0 Å². The fourth-order valence-corrected chi connectivity index (χ4v) is 1.01. The lowest BCUT2D eigenvalue weighted by Crippen LogP contribution is -1.97. The minimum atomic E-state index is 0.445. The summed E-state index contributed by atoms with van der Waals surface area (Å²) in [4.78, 5) is 0. The van der Waals surface area contributed by atoms with Gasteiger partial charge in [-0.25, -0.2) is 0 Å². The van der Waals surface area contributed by atoms with Gasteiger partial charge in [0.15, 0.2) is 6.33 Å². The van der Waals surface area contributed by atoms with E-state index in [2.05, 4.69) is 20.4 Å². The molecule has 0 saturated heterocycles. The van der Waals surface area contributed by atoms with Crippen molar-refractivity contribution in [3.63, 3.8) is 0 Å². The zero-order chi connectivity index (χ0) is 9.10. The van der Waals surface area contributed by atoms with Gasteiger partial charge in [0.2, 0.25) is 5.82 Å². The van der Waals surface area contributed by atoms with E-state index in [1.807, 2.05) is 18.2 Å². The summed E-state index contributed by atoms with van der Waals surface area (Å²) in [6, 6.07) is 7.32. The largest absolute Gasteiger partial charge is 0.398 e. The molecular weight excluding hydrogens is 166 g/mol. The molecule has 2 aromatic rings. The number of hydrogen-bond donors (Lipinski definition) is 1. The highest BCUT2D eigenvalue weighted by molar-refractivity contribution is 5.70. The van der Waals surface area contributed by atoms with Crippen molar-refractivity contribution in [2.45, 2.75) is 0 Å². The smallest absolute Gasteiger partial charge is 0.205 e. The van der Waals surface area contributed by atoms with Crippen molar-refractivity contribution >= 4 is 5.69 Å².